The van der Waals surface area contributed by atoms with Crippen molar-refractivity contribution in [2.75, 3.05) is 23.3 Å². The minimum Gasteiger partial charge on any atom is -0.388 e. The van der Waals surface area contributed by atoms with E-state index in [9.17, 15) is 9.90 Å². The predicted molar refractivity (Wildman–Crippen MR) is 95.6 cm³/mol. The quantitative estimate of drug-likeness (QED) is 0.763. The Morgan fingerprint density at radius 2 is 2.12 bits per heavy atom. The van der Waals surface area contributed by atoms with Gasteiger partial charge in [-0.15, -0.1) is 0 Å². The van der Waals surface area contributed by atoms with E-state index in [0.29, 0.717) is 30.6 Å². The first-order chi connectivity index (χ1) is 12.0. The van der Waals surface area contributed by atoms with Gasteiger partial charge in [0, 0.05) is 24.2 Å². The monoisotopic (exact) mass is 345 g/mol. The normalized spacial score (nSPS) is 30.4. The number of nitrogens with one attached hydrogen (secondary N) is 2. The first kappa shape index (κ1) is 16.7. The molecule has 0 bridgehead atoms. The number of carbonyl (C=O) groups excluding carboxylic acids is 1. The molecule has 3 heterocycles. The molecule has 1 aromatic rings. The molecule has 0 spiro atoms. The first-order valence-electron chi connectivity index (χ1n) is 9.42. The van der Waals surface area contributed by atoms with Crippen LogP contribution < -0.4 is 15.5 Å². The maximum absolute atomic E-state index is 12.7. The number of aromatic nitrogens is 2. The fourth-order valence-corrected chi connectivity index (χ4v) is 4.34. The van der Waals surface area contributed by atoms with Crippen LogP contribution in [0.25, 0.3) is 0 Å². The van der Waals surface area contributed by atoms with Crippen LogP contribution in [-0.4, -0.2) is 51.8 Å². The van der Waals surface area contributed by atoms with E-state index in [-0.39, 0.29) is 11.9 Å². The Morgan fingerprint density at radius 3 is 2.84 bits per heavy atom. The maximum Gasteiger partial charge on any atom is 0.228 e. The summed E-state index contributed by atoms with van der Waals surface area (Å²) in [5.74, 6) is 1.34. The van der Waals surface area contributed by atoms with E-state index in [2.05, 4.69) is 15.6 Å². The van der Waals surface area contributed by atoms with Crippen LogP contribution in [0.5, 0.6) is 0 Å². The Hall–Kier alpha value is -1.73. The molecule has 1 saturated carbocycles. The number of nitrogens with zero attached hydrogens (tertiary/aromatic N) is 3. The molecule has 2 aliphatic heterocycles. The van der Waals surface area contributed by atoms with Gasteiger partial charge in [0.15, 0.2) is 0 Å². The van der Waals surface area contributed by atoms with Gasteiger partial charge in [0.05, 0.1) is 11.6 Å². The van der Waals surface area contributed by atoms with Crippen molar-refractivity contribution in [2.45, 2.75) is 69.6 Å². The summed E-state index contributed by atoms with van der Waals surface area (Å²) in [4.78, 5) is 23.6. The van der Waals surface area contributed by atoms with E-state index >= 15 is 0 Å². The fraction of sp³-hybridized carbons (Fsp3) is 0.722. The predicted octanol–water partition coefficient (Wildman–Crippen LogP) is 1.22. The third-order valence-electron chi connectivity index (χ3n) is 5.81. The Balaban J connectivity index is 1.62. The van der Waals surface area contributed by atoms with Crippen LogP contribution in [0.1, 0.15) is 51.0 Å². The smallest absolute Gasteiger partial charge is 0.228 e. The van der Waals surface area contributed by atoms with Gasteiger partial charge in [0.1, 0.15) is 5.82 Å². The molecule has 1 aliphatic carbocycles. The van der Waals surface area contributed by atoms with Gasteiger partial charge in [-0.25, -0.2) is 4.98 Å². The van der Waals surface area contributed by atoms with Crippen LogP contribution in [0.2, 0.25) is 0 Å². The Labute approximate surface area is 148 Å². The van der Waals surface area contributed by atoms with Crippen molar-refractivity contribution in [3.63, 3.8) is 0 Å². The highest BCUT2D eigenvalue weighted by Crippen LogP contribution is 2.39. The second-order valence-corrected chi connectivity index (χ2v) is 7.74. The number of amides is 1. The Bertz CT molecular complexity index is 657. The molecule has 4 rings (SSSR count). The zero-order valence-corrected chi connectivity index (χ0v) is 14.8. The molecular formula is C18H27N5O2. The van der Waals surface area contributed by atoms with E-state index in [4.69, 9.17) is 4.98 Å². The van der Waals surface area contributed by atoms with Crippen LogP contribution in [0.15, 0.2) is 6.20 Å². The lowest BCUT2D eigenvalue weighted by atomic mass is 9.95. The number of carbonyl (C=O) groups is 1. The van der Waals surface area contributed by atoms with Crippen molar-refractivity contribution < 1.29 is 9.90 Å². The molecule has 1 amide bonds. The molecule has 2 fully saturated rings. The molecule has 3 aliphatic rings. The lowest BCUT2D eigenvalue weighted by molar-refractivity contribution is -0.120. The Morgan fingerprint density at radius 1 is 1.32 bits per heavy atom. The summed E-state index contributed by atoms with van der Waals surface area (Å²) in [5, 5.41) is 17.5. The number of rotatable bonds is 3. The number of hydrogen-bond acceptors (Lipinski definition) is 6. The minimum atomic E-state index is -0.849. The zero-order chi connectivity index (χ0) is 17.4. The third-order valence-corrected chi connectivity index (χ3v) is 5.81. The van der Waals surface area contributed by atoms with Crippen LogP contribution in [0.4, 0.5) is 11.8 Å². The lowest BCUT2D eigenvalue weighted by Gasteiger charge is -2.38. The number of anilines is 2. The summed E-state index contributed by atoms with van der Waals surface area (Å²) in [6.45, 7) is 3.83. The summed E-state index contributed by atoms with van der Waals surface area (Å²) in [6.07, 6.45) is 7.54. The molecule has 1 aromatic heterocycles. The van der Waals surface area contributed by atoms with Gasteiger partial charge in [0.2, 0.25) is 11.9 Å². The number of piperidine rings is 1. The van der Waals surface area contributed by atoms with E-state index in [0.717, 1.165) is 50.8 Å². The van der Waals surface area contributed by atoms with Gasteiger partial charge in [0.25, 0.3) is 0 Å². The molecule has 2 atom stereocenters. The first-order valence-corrected chi connectivity index (χ1v) is 9.42. The summed E-state index contributed by atoms with van der Waals surface area (Å²) in [6, 6.07) is 0.169. The van der Waals surface area contributed by atoms with E-state index in [1.807, 2.05) is 13.1 Å². The summed E-state index contributed by atoms with van der Waals surface area (Å²) in [5.41, 5.74) is 0.149. The second-order valence-electron chi connectivity index (χ2n) is 7.74. The van der Waals surface area contributed by atoms with Gasteiger partial charge < -0.3 is 15.7 Å². The Kier molecular flexibility index (Phi) is 4.37. The molecule has 136 valence electrons. The molecule has 0 radical (unpaired) electrons. The second kappa shape index (κ2) is 6.53. The van der Waals surface area contributed by atoms with Crippen molar-refractivity contribution in [2.24, 2.45) is 0 Å². The average Bonchev–Trinajstić information content (AvgIpc) is 2.94. The van der Waals surface area contributed by atoms with Crippen molar-refractivity contribution in [1.82, 2.24) is 15.3 Å². The summed E-state index contributed by atoms with van der Waals surface area (Å²) >= 11 is 0. The zero-order valence-electron chi connectivity index (χ0n) is 14.8. The highest BCUT2D eigenvalue weighted by molar-refractivity contribution is 5.96. The van der Waals surface area contributed by atoms with Crippen molar-refractivity contribution in [1.29, 1.82) is 0 Å². The van der Waals surface area contributed by atoms with Crippen LogP contribution in [0.3, 0.4) is 0 Å². The highest BCUT2D eigenvalue weighted by atomic mass is 16.3. The molecule has 7 heteroatoms. The van der Waals surface area contributed by atoms with Gasteiger partial charge in [-0.1, -0.05) is 0 Å². The molecule has 0 unspecified atom stereocenters. The molecule has 0 aromatic carbocycles. The van der Waals surface area contributed by atoms with E-state index in [1.54, 1.807) is 4.90 Å². The molecular weight excluding hydrogens is 318 g/mol. The van der Waals surface area contributed by atoms with Gasteiger partial charge in [-0.2, -0.15) is 4.98 Å². The number of aryl methyl sites for hydroxylation is 1. The average molecular weight is 345 g/mol. The van der Waals surface area contributed by atoms with Gasteiger partial charge in [-0.05, 0) is 58.5 Å². The van der Waals surface area contributed by atoms with Gasteiger partial charge in [-0.3, -0.25) is 9.69 Å². The van der Waals surface area contributed by atoms with Gasteiger partial charge >= 0.3 is 0 Å². The van der Waals surface area contributed by atoms with E-state index in [1.165, 1.54) is 0 Å². The summed E-state index contributed by atoms with van der Waals surface area (Å²) < 4.78 is 0. The third kappa shape index (κ3) is 3.22. The molecule has 3 N–H and O–H groups in total. The number of aliphatic hydroxyl groups is 1. The maximum atomic E-state index is 12.7. The largest absolute Gasteiger partial charge is 0.388 e. The molecule has 7 nitrogen and oxygen atoms in total. The van der Waals surface area contributed by atoms with Crippen molar-refractivity contribution in [3.8, 4) is 0 Å². The van der Waals surface area contributed by atoms with Crippen LogP contribution >= 0.6 is 0 Å². The number of fused-ring (bicyclic) bond motifs is 1. The minimum absolute atomic E-state index is 0.0613. The topological polar surface area (TPSA) is 90.4 Å². The number of hydrogen-bond donors (Lipinski definition) is 3. The summed E-state index contributed by atoms with van der Waals surface area (Å²) in [7, 11) is 0. The fourth-order valence-electron chi connectivity index (χ4n) is 4.34. The van der Waals surface area contributed by atoms with Crippen molar-refractivity contribution in [3.05, 3.63) is 11.8 Å². The highest BCUT2D eigenvalue weighted by Gasteiger charge is 2.45. The molecule has 25 heavy (non-hydrogen) atoms. The standard InChI is InChI=1S/C18H27N5O2/c1-18(25)8-2-3-14(18)23-15(24)5-4-12-11-20-17(22-16(12)23)21-13-6-9-19-10-7-13/h11,13-14,19,25H,2-10H2,1H3,(H,20,21,22)/t14-,18-/m1/s1. The lowest BCUT2D eigenvalue weighted by Crippen LogP contribution is -2.52. The van der Waals surface area contributed by atoms with Crippen molar-refractivity contribution >= 4 is 17.7 Å². The van der Waals surface area contributed by atoms with Crippen LogP contribution in [-0.2, 0) is 11.2 Å². The SMILES string of the molecule is C[C@@]1(O)CCC[C@H]1N1C(=O)CCc2cnc(NC3CCNCC3)nc21. The van der Waals surface area contributed by atoms with E-state index < -0.39 is 5.60 Å². The molecule has 1 saturated heterocycles. The van der Waals surface area contributed by atoms with Crippen LogP contribution in [0, 0.1) is 0 Å².